The first-order valence-corrected chi connectivity index (χ1v) is 6.53. The maximum atomic E-state index is 11.2. The molecule has 2 N–H and O–H groups in total. The second kappa shape index (κ2) is 5.52. The summed E-state index contributed by atoms with van der Waals surface area (Å²) in [6.07, 6.45) is 3.56. The van der Waals surface area contributed by atoms with Gasteiger partial charge < -0.3 is 10.3 Å². The van der Waals surface area contributed by atoms with Crippen LogP contribution in [0.4, 0.5) is 0 Å². The summed E-state index contributed by atoms with van der Waals surface area (Å²) in [5.41, 5.74) is 1.13. The Morgan fingerprint density at radius 3 is 2.94 bits per heavy atom. The SMILES string of the molecule is CC(=O)N[C@@H]1CN(Cc2cnc[nH]2)C[C@H]1C(C)C. The molecule has 0 aromatic carbocycles. The molecule has 1 aliphatic heterocycles. The van der Waals surface area contributed by atoms with Gasteiger partial charge in [-0.25, -0.2) is 4.98 Å². The standard InChI is InChI=1S/C13H22N4O/c1-9(2)12-6-17(5-11-4-14-8-15-11)7-13(12)16-10(3)18/h4,8-9,12-13H,5-7H2,1-3H3,(H,14,15)(H,16,18)/t12-,13+/m0/s1. The fourth-order valence-electron chi connectivity index (χ4n) is 2.74. The van der Waals surface area contributed by atoms with Crippen molar-refractivity contribution in [1.82, 2.24) is 20.2 Å². The van der Waals surface area contributed by atoms with Crippen LogP contribution in [0.3, 0.4) is 0 Å². The largest absolute Gasteiger partial charge is 0.352 e. The van der Waals surface area contributed by atoms with Crippen LogP contribution in [0.5, 0.6) is 0 Å². The van der Waals surface area contributed by atoms with Gasteiger partial charge in [0.15, 0.2) is 0 Å². The van der Waals surface area contributed by atoms with E-state index in [4.69, 9.17) is 0 Å². The van der Waals surface area contributed by atoms with Crippen LogP contribution in [0, 0.1) is 11.8 Å². The number of aromatic nitrogens is 2. The van der Waals surface area contributed by atoms with Crippen molar-refractivity contribution in [2.75, 3.05) is 13.1 Å². The van der Waals surface area contributed by atoms with E-state index in [1.54, 1.807) is 13.3 Å². The Morgan fingerprint density at radius 2 is 2.39 bits per heavy atom. The first kappa shape index (κ1) is 13.1. The van der Waals surface area contributed by atoms with Gasteiger partial charge in [-0.1, -0.05) is 13.8 Å². The zero-order valence-electron chi connectivity index (χ0n) is 11.3. The molecule has 1 aromatic rings. The quantitative estimate of drug-likeness (QED) is 0.838. The third-order valence-electron chi connectivity index (χ3n) is 3.63. The highest BCUT2D eigenvalue weighted by molar-refractivity contribution is 5.73. The summed E-state index contributed by atoms with van der Waals surface area (Å²) in [7, 11) is 0. The number of rotatable bonds is 4. The number of carbonyl (C=O) groups excluding carboxylic acids is 1. The summed E-state index contributed by atoms with van der Waals surface area (Å²) in [5.74, 6) is 1.17. The molecule has 1 saturated heterocycles. The van der Waals surface area contributed by atoms with Crippen molar-refractivity contribution >= 4 is 5.91 Å². The summed E-state index contributed by atoms with van der Waals surface area (Å²) in [6.45, 7) is 8.86. The molecule has 0 saturated carbocycles. The Kier molecular flexibility index (Phi) is 4.01. The second-order valence-corrected chi connectivity index (χ2v) is 5.49. The van der Waals surface area contributed by atoms with Crippen molar-refractivity contribution in [3.63, 3.8) is 0 Å². The third kappa shape index (κ3) is 3.10. The van der Waals surface area contributed by atoms with E-state index < -0.39 is 0 Å². The Bertz CT molecular complexity index is 388. The fraction of sp³-hybridized carbons (Fsp3) is 0.692. The van der Waals surface area contributed by atoms with Crippen molar-refractivity contribution in [2.24, 2.45) is 11.8 Å². The molecule has 0 aliphatic carbocycles. The number of likely N-dealkylation sites (tertiary alicyclic amines) is 1. The van der Waals surface area contributed by atoms with E-state index in [-0.39, 0.29) is 11.9 Å². The number of nitrogens with zero attached hydrogens (tertiary/aromatic N) is 2. The van der Waals surface area contributed by atoms with E-state index in [0.29, 0.717) is 11.8 Å². The molecule has 0 spiro atoms. The van der Waals surface area contributed by atoms with Crippen LogP contribution >= 0.6 is 0 Å². The number of aromatic amines is 1. The molecular formula is C13H22N4O. The lowest BCUT2D eigenvalue weighted by atomic mass is 9.91. The van der Waals surface area contributed by atoms with Crippen molar-refractivity contribution in [1.29, 1.82) is 0 Å². The number of carbonyl (C=O) groups is 1. The minimum Gasteiger partial charge on any atom is -0.352 e. The van der Waals surface area contributed by atoms with E-state index in [9.17, 15) is 4.79 Å². The number of H-pyrrole nitrogens is 1. The van der Waals surface area contributed by atoms with Crippen LogP contribution < -0.4 is 5.32 Å². The van der Waals surface area contributed by atoms with Crippen molar-refractivity contribution in [3.05, 3.63) is 18.2 Å². The van der Waals surface area contributed by atoms with Crippen LogP contribution in [0.15, 0.2) is 12.5 Å². The Balaban J connectivity index is 1.97. The topological polar surface area (TPSA) is 61.0 Å². The second-order valence-electron chi connectivity index (χ2n) is 5.49. The number of imidazole rings is 1. The molecule has 5 nitrogen and oxygen atoms in total. The molecule has 18 heavy (non-hydrogen) atoms. The monoisotopic (exact) mass is 250 g/mol. The van der Waals surface area contributed by atoms with E-state index >= 15 is 0 Å². The molecule has 100 valence electrons. The zero-order chi connectivity index (χ0) is 13.1. The molecule has 0 bridgehead atoms. The number of amides is 1. The highest BCUT2D eigenvalue weighted by Crippen LogP contribution is 2.25. The van der Waals surface area contributed by atoms with Crippen molar-refractivity contribution in [3.8, 4) is 0 Å². The molecule has 0 unspecified atom stereocenters. The van der Waals surface area contributed by atoms with Gasteiger partial charge >= 0.3 is 0 Å². The molecule has 5 heteroatoms. The average Bonchev–Trinajstić information content (AvgIpc) is 2.87. The van der Waals surface area contributed by atoms with Crippen molar-refractivity contribution in [2.45, 2.75) is 33.4 Å². The molecule has 1 fully saturated rings. The van der Waals surface area contributed by atoms with E-state index in [0.717, 1.165) is 25.3 Å². The number of hydrogen-bond donors (Lipinski definition) is 2. The van der Waals surface area contributed by atoms with Crippen molar-refractivity contribution < 1.29 is 4.79 Å². The van der Waals surface area contributed by atoms with E-state index in [1.165, 1.54) is 0 Å². The van der Waals surface area contributed by atoms with E-state index in [1.807, 2.05) is 6.20 Å². The van der Waals surface area contributed by atoms with Crippen LogP contribution in [-0.4, -0.2) is 39.9 Å². The summed E-state index contributed by atoms with van der Waals surface area (Å²) in [5, 5.41) is 3.08. The van der Waals surface area contributed by atoms with E-state index in [2.05, 4.69) is 34.0 Å². The van der Waals surface area contributed by atoms with Gasteiger partial charge in [0.2, 0.25) is 5.91 Å². The fourth-order valence-corrected chi connectivity index (χ4v) is 2.74. The van der Waals surface area contributed by atoms with Gasteiger partial charge in [-0.05, 0) is 11.8 Å². The number of hydrogen-bond acceptors (Lipinski definition) is 3. The minimum atomic E-state index is 0.0639. The third-order valence-corrected chi connectivity index (χ3v) is 3.63. The van der Waals surface area contributed by atoms with Gasteiger partial charge in [0, 0.05) is 44.5 Å². The molecule has 1 aromatic heterocycles. The lowest BCUT2D eigenvalue weighted by molar-refractivity contribution is -0.119. The van der Waals surface area contributed by atoms with Crippen LogP contribution in [0.25, 0.3) is 0 Å². The summed E-state index contributed by atoms with van der Waals surface area (Å²) in [4.78, 5) is 20.8. The highest BCUT2D eigenvalue weighted by atomic mass is 16.1. The van der Waals surface area contributed by atoms with Crippen LogP contribution in [0.1, 0.15) is 26.5 Å². The number of nitrogens with one attached hydrogen (secondary N) is 2. The van der Waals surface area contributed by atoms with Gasteiger partial charge in [0.25, 0.3) is 0 Å². The molecule has 2 heterocycles. The lowest BCUT2D eigenvalue weighted by Crippen LogP contribution is -2.40. The van der Waals surface area contributed by atoms with Gasteiger partial charge in [-0.15, -0.1) is 0 Å². The maximum Gasteiger partial charge on any atom is 0.217 e. The Hall–Kier alpha value is -1.36. The molecular weight excluding hydrogens is 228 g/mol. The predicted molar refractivity (Wildman–Crippen MR) is 69.8 cm³/mol. The molecule has 2 atom stereocenters. The highest BCUT2D eigenvalue weighted by Gasteiger charge is 2.34. The Morgan fingerprint density at radius 1 is 1.61 bits per heavy atom. The van der Waals surface area contributed by atoms with Gasteiger partial charge in [-0.3, -0.25) is 9.69 Å². The lowest BCUT2D eigenvalue weighted by Gasteiger charge is -2.22. The normalized spacial score (nSPS) is 24.7. The maximum absolute atomic E-state index is 11.2. The Labute approximate surface area is 108 Å². The molecule has 1 amide bonds. The smallest absolute Gasteiger partial charge is 0.217 e. The van der Waals surface area contributed by atoms with Gasteiger partial charge in [0.05, 0.1) is 6.33 Å². The summed E-state index contributed by atoms with van der Waals surface area (Å²) < 4.78 is 0. The minimum absolute atomic E-state index is 0.0639. The van der Waals surface area contributed by atoms with Gasteiger partial charge in [-0.2, -0.15) is 0 Å². The zero-order valence-corrected chi connectivity index (χ0v) is 11.3. The summed E-state index contributed by atoms with van der Waals surface area (Å²) >= 11 is 0. The first-order valence-electron chi connectivity index (χ1n) is 6.53. The molecule has 1 aliphatic rings. The van der Waals surface area contributed by atoms with Crippen LogP contribution in [-0.2, 0) is 11.3 Å². The predicted octanol–water partition coefficient (Wildman–Crippen LogP) is 1.00. The van der Waals surface area contributed by atoms with Gasteiger partial charge in [0.1, 0.15) is 0 Å². The average molecular weight is 250 g/mol. The molecule has 2 rings (SSSR count). The molecule has 0 radical (unpaired) electrons. The summed E-state index contributed by atoms with van der Waals surface area (Å²) in [6, 6.07) is 0.269. The van der Waals surface area contributed by atoms with Crippen LogP contribution in [0.2, 0.25) is 0 Å². The first-order chi connectivity index (χ1) is 8.56.